The molecule has 2 aromatic carbocycles. The molecule has 1 saturated heterocycles. The van der Waals surface area contributed by atoms with Crippen LogP contribution in [0, 0.1) is 12.8 Å². The summed E-state index contributed by atoms with van der Waals surface area (Å²) in [5, 5.41) is 3.90. The van der Waals surface area contributed by atoms with E-state index in [0.29, 0.717) is 6.54 Å². The second kappa shape index (κ2) is 8.50. The number of hydrogen-bond donors (Lipinski definition) is 1. The summed E-state index contributed by atoms with van der Waals surface area (Å²) in [5.74, 6) is 0.297. The molecule has 0 saturated carbocycles. The van der Waals surface area contributed by atoms with E-state index in [9.17, 15) is 4.79 Å². The average molecular weight is 357 g/mol. The first kappa shape index (κ1) is 18.0. The third-order valence-corrected chi connectivity index (χ3v) is 5.27. The van der Waals surface area contributed by atoms with Gasteiger partial charge in [0.05, 0.1) is 0 Å². The number of aryl methyl sites for hydroxylation is 1. The summed E-state index contributed by atoms with van der Waals surface area (Å²) in [6.07, 6.45) is 1.81. The van der Waals surface area contributed by atoms with Gasteiger partial charge in [0.2, 0.25) is 5.91 Å². The summed E-state index contributed by atoms with van der Waals surface area (Å²) < 4.78 is 0. The summed E-state index contributed by atoms with van der Waals surface area (Å²) in [6, 6.07) is 16.3. The molecular formula is C21H25ClN2O. The van der Waals surface area contributed by atoms with Gasteiger partial charge in [0, 0.05) is 24.0 Å². The van der Waals surface area contributed by atoms with Gasteiger partial charge in [0.15, 0.2) is 0 Å². The Hall–Kier alpha value is -1.84. The molecule has 0 aliphatic carbocycles. The number of hydrogen-bond acceptors (Lipinski definition) is 2. The van der Waals surface area contributed by atoms with Crippen LogP contribution in [-0.4, -0.2) is 23.9 Å². The van der Waals surface area contributed by atoms with Crippen molar-refractivity contribution >= 4 is 17.5 Å². The molecule has 1 fully saturated rings. The van der Waals surface area contributed by atoms with Gasteiger partial charge in [-0.25, -0.2) is 0 Å². The molecule has 0 aromatic heterocycles. The first-order valence-electron chi connectivity index (χ1n) is 8.91. The molecule has 132 valence electrons. The summed E-state index contributed by atoms with van der Waals surface area (Å²) >= 11 is 6.24. The van der Waals surface area contributed by atoms with E-state index in [1.54, 1.807) is 0 Å². The fourth-order valence-electron chi connectivity index (χ4n) is 3.26. The Morgan fingerprint density at radius 2 is 1.80 bits per heavy atom. The zero-order valence-electron chi connectivity index (χ0n) is 14.7. The zero-order chi connectivity index (χ0) is 17.6. The highest BCUT2D eigenvalue weighted by Crippen LogP contribution is 2.22. The number of halogens is 1. The fourth-order valence-corrected chi connectivity index (χ4v) is 3.46. The SMILES string of the molecule is Cc1ccc(CNC(=O)C2CCN(Cc3ccccc3Cl)CC2)cc1. The maximum Gasteiger partial charge on any atom is 0.223 e. The lowest BCUT2D eigenvalue weighted by Gasteiger charge is -2.31. The lowest BCUT2D eigenvalue weighted by atomic mass is 9.95. The smallest absolute Gasteiger partial charge is 0.223 e. The third-order valence-electron chi connectivity index (χ3n) is 4.90. The molecule has 1 N–H and O–H groups in total. The Bertz CT molecular complexity index is 706. The number of piperidine rings is 1. The maximum atomic E-state index is 12.4. The number of nitrogens with one attached hydrogen (secondary N) is 1. The van der Waals surface area contributed by atoms with E-state index in [4.69, 9.17) is 11.6 Å². The summed E-state index contributed by atoms with van der Waals surface area (Å²) in [7, 11) is 0. The van der Waals surface area contributed by atoms with Crippen LogP contribution >= 0.6 is 11.6 Å². The van der Waals surface area contributed by atoms with Crippen LogP contribution in [0.1, 0.15) is 29.5 Å². The number of amides is 1. The molecule has 3 rings (SSSR count). The molecule has 4 heteroatoms. The number of benzene rings is 2. The van der Waals surface area contributed by atoms with E-state index in [1.807, 2.05) is 18.2 Å². The average Bonchev–Trinajstić information content (AvgIpc) is 2.63. The fraction of sp³-hybridized carbons (Fsp3) is 0.381. The Morgan fingerprint density at radius 1 is 1.12 bits per heavy atom. The molecule has 1 aliphatic rings. The van der Waals surface area contributed by atoms with Crippen molar-refractivity contribution in [3.8, 4) is 0 Å². The lowest BCUT2D eigenvalue weighted by molar-refractivity contribution is -0.126. The lowest BCUT2D eigenvalue weighted by Crippen LogP contribution is -2.40. The molecule has 0 unspecified atom stereocenters. The number of carbonyl (C=O) groups excluding carboxylic acids is 1. The Kier molecular flexibility index (Phi) is 6.11. The van der Waals surface area contributed by atoms with E-state index in [2.05, 4.69) is 47.5 Å². The molecule has 1 amide bonds. The van der Waals surface area contributed by atoms with Crippen LogP contribution in [0.15, 0.2) is 48.5 Å². The van der Waals surface area contributed by atoms with Gasteiger partial charge in [-0.15, -0.1) is 0 Å². The minimum Gasteiger partial charge on any atom is -0.352 e. The quantitative estimate of drug-likeness (QED) is 0.871. The normalized spacial score (nSPS) is 15.9. The molecule has 2 aromatic rings. The first-order valence-corrected chi connectivity index (χ1v) is 9.28. The predicted octanol–water partition coefficient (Wildman–Crippen LogP) is 4.18. The van der Waals surface area contributed by atoms with Gasteiger partial charge in [-0.3, -0.25) is 9.69 Å². The summed E-state index contributed by atoms with van der Waals surface area (Å²) in [6.45, 7) is 5.41. The monoisotopic (exact) mass is 356 g/mol. The minimum absolute atomic E-state index is 0.118. The van der Waals surface area contributed by atoms with Crippen LogP contribution < -0.4 is 5.32 Å². The van der Waals surface area contributed by atoms with E-state index in [-0.39, 0.29) is 11.8 Å². The molecule has 3 nitrogen and oxygen atoms in total. The van der Waals surface area contributed by atoms with Crippen molar-refractivity contribution in [2.75, 3.05) is 13.1 Å². The summed E-state index contributed by atoms with van der Waals surface area (Å²) in [5.41, 5.74) is 3.54. The van der Waals surface area contributed by atoms with Crippen LogP contribution in [0.5, 0.6) is 0 Å². The predicted molar refractivity (Wildman–Crippen MR) is 102 cm³/mol. The Morgan fingerprint density at radius 3 is 2.48 bits per heavy atom. The van der Waals surface area contributed by atoms with Gasteiger partial charge in [-0.2, -0.15) is 0 Å². The first-order chi connectivity index (χ1) is 12.1. The van der Waals surface area contributed by atoms with Gasteiger partial charge in [0.25, 0.3) is 0 Å². The van der Waals surface area contributed by atoms with Crippen LogP contribution in [0.2, 0.25) is 5.02 Å². The van der Waals surface area contributed by atoms with E-state index in [1.165, 1.54) is 5.56 Å². The molecule has 0 radical (unpaired) electrons. The highest BCUT2D eigenvalue weighted by molar-refractivity contribution is 6.31. The van der Waals surface area contributed by atoms with Gasteiger partial charge >= 0.3 is 0 Å². The van der Waals surface area contributed by atoms with Crippen molar-refractivity contribution in [1.82, 2.24) is 10.2 Å². The van der Waals surface area contributed by atoms with Crippen LogP contribution in [0.4, 0.5) is 0 Å². The summed E-state index contributed by atoms with van der Waals surface area (Å²) in [4.78, 5) is 14.8. The largest absolute Gasteiger partial charge is 0.352 e. The maximum absolute atomic E-state index is 12.4. The topological polar surface area (TPSA) is 32.3 Å². The van der Waals surface area contributed by atoms with Crippen molar-refractivity contribution in [2.45, 2.75) is 32.9 Å². The van der Waals surface area contributed by atoms with Crippen molar-refractivity contribution in [1.29, 1.82) is 0 Å². The van der Waals surface area contributed by atoms with Crippen molar-refractivity contribution < 1.29 is 4.79 Å². The van der Waals surface area contributed by atoms with Crippen molar-refractivity contribution in [3.05, 3.63) is 70.2 Å². The van der Waals surface area contributed by atoms with Gasteiger partial charge in [-0.05, 0) is 50.0 Å². The van der Waals surface area contributed by atoms with Crippen LogP contribution in [-0.2, 0) is 17.9 Å². The number of nitrogens with zero attached hydrogens (tertiary/aromatic N) is 1. The highest BCUT2D eigenvalue weighted by atomic mass is 35.5. The second-order valence-corrected chi connectivity index (χ2v) is 7.25. The van der Waals surface area contributed by atoms with Gasteiger partial charge in [-0.1, -0.05) is 59.6 Å². The van der Waals surface area contributed by atoms with E-state index >= 15 is 0 Å². The molecule has 0 bridgehead atoms. The van der Waals surface area contributed by atoms with Gasteiger partial charge in [0.1, 0.15) is 0 Å². The van der Waals surface area contributed by atoms with Gasteiger partial charge < -0.3 is 5.32 Å². The number of likely N-dealkylation sites (tertiary alicyclic amines) is 1. The standard InChI is InChI=1S/C21H25ClN2O/c1-16-6-8-17(9-7-16)14-23-21(25)18-10-12-24(13-11-18)15-19-4-2-3-5-20(19)22/h2-9,18H,10-15H2,1H3,(H,23,25). The van der Waals surface area contributed by atoms with Crippen molar-refractivity contribution in [3.63, 3.8) is 0 Å². The molecule has 0 spiro atoms. The van der Waals surface area contributed by atoms with E-state index < -0.39 is 0 Å². The Labute approximate surface area is 155 Å². The molecule has 1 aliphatic heterocycles. The zero-order valence-corrected chi connectivity index (χ0v) is 15.4. The molecular weight excluding hydrogens is 332 g/mol. The van der Waals surface area contributed by atoms with Crippen molar-refractivity contribution in [2.24, 2.45) is 5.92 Å². The highest BCUT2D eigenvalue weighted by Gasteiger charge is 2.25. The third kappa shape index (κ3) is 5.07. The van der Waals surface area contributed by atoms with Crippen LogP contribution in [0.25, 0.3) is 0 Å². The minimum atomic E-state index is 0.118. The second-order valence-electron chi connectivity index (χ2n) is 6.85. The molecule has 0 atom stereocenters. The number of rotatable bonds is 5. The van der Waals surface area contributed by atoms with Crippen LogP contribution in [0.3, 0.4) is 0 Å². The Balaban J connectivity index is 1.44. The number of carbonyl (C=O) groups is 1. The molecule has 25 heavy (non-hydrogen) atoms. The molecule has 1 heterocycles. The van der Waals surface area contributed by atoms with E-state index in [0.717, 1.165) is 48.6 Å².